The van der Waals surface area contributed by atoms with E-state index in [9.17, 15) is 8.78 Å². The van der Waals surface area contributed by atoms with Crippen LogP contribution in [0.15, 0.2) is 36.5 Å². The molecule has 1 saturated carbocycles. The molecule has 1 saturated heterocycles. The van der Waals surface area contributed by atoms with Gasteiger partial charge in [-0.05, 0) is 87.5 Å². The lowest BCUT2D eigenvalue weighted by atomic mass is 9.85. The van der Waals surface area contributed by atoms with Crippen LogP contribution in [0.4, 0.5) is 30.5 Å². The Morgan fingerprint density at radius 2 is 1.79 bits per heavy atom. The molecule has 0 bridgehead atoms. The van der Waals surface area contributed by atoms with Crippen molar-refractivity contribution in [1.29, 1.82) is 0 Å². The number of hydrogen-bond donors (Lipinski definition) is 1. The maximum Gasteiger partial charge on any atom is 0.227 e. The van der Waals surface area contributed by atoms with E-state index in [1.165, 1.54) is 31.4 Å². The lowest BCUT2D eigenvalue weighted by molar-refractivity contribution is 0.253. The lowest BCUT2D eigenvalue weighted by Gasteiger charge is -2.37. The zero-order valence-corrected chi connectivity index (χ0v) is 21.5. The highest BCUT2D eigenvalue weighted by atomic mass is 19.1. The van der Waals surface area contributed by atoms with Crippen LogP contribution >= 0.6 is 0 Å². The van der Waals surface area contributed by atoms with E-state index in [1.54, 1.807) is 18.2 Å². The second-order valence-electron chi connectivity index (χ2n) is 10.7. The molecule has 0 radical (unpaired) electrons. The van der Waals surface area contributed by atoms with Crippen LogP contribution in [0.2, 0.25) is 0 Å². The number of anilines is 3. The largest absolute Gasteiger partial charge is 0.486 e. The zero-order chi connectivity index (χ0) is 26.2. The summed E-state index contributed by atoms with van der Waals surface area (Å²) in [6.07, 6.45) is 6.46. The van der Waals surface area contributed by atoms with Gasteiger partial charge in [0.25, 0.3) is 0 Å². The molecule has 3 heterocycles. The van der Waals surface area contributed by atoms with Gasteiger partial charge in [-0.2, -0.15) is 0 Å². The zero-order valence-electron chi connectivity index (χ0n) is 21.5. The van der Waals surface area contributed by atoms with Crippen LogP contribution in [-0.4, -0.2) is 54.7 Å². The summed E-state index contributed by atoms with van der Waals surface area (Å²) >= 11 is 0. The van der Waals surface area contributed by atoms with E-state index < -0.39 is 11.6 Å². The molecule has 1 aliphatic carbocycles. The first-order valence-corrected chi connectivity index (χ1v) is 13.4. The molecule has 6 rings (SSSR count). The topological polar surface area (TPSA) is 53.5 Å². The quantitative estimate of drug-likeness (QED) is 0.421. The van der Waals surface area contributed by atoms with Gasteiger partial charge < -0.3 is 19.9 Å². The van der Waals surface area contributed by atoms with Gasteiger partial charge in [0.2, 0.25) is 5.95 Å². The average Bonchev–Trinajstić information content (AvgIpc) is 2.88. The Hall–Kier alpha value is -3.33. The van der Waals surface area contributed by atoms with Crippen molar-refractivity contribution in [3.05, 3.63) is 59.5 Å². The Bertz CT molecular complexity index is 1320. The highest BCUT2D eigenvalue weighted by Gasteiger charge is 2.28. The average molecular weight is 524 g/mol. The second-order valence-corrected chi connectivity index (χ2v) is 10.7. The highest BCUT2D eigenvalue weighted by Crippen LogP contribution is 2.40. The predicted molar refractivity (Wildman–Crippen MR) is 142 cm³/mol. The Balaban J connectivity index is 1.25. The highest BCUT2D eigenvalue weighted by molar-refractivity contribution is 5.73. The molecule has 0 amide bonds. The molecule has 2 aliphatic heterocycles. The first-order chi connectivity index (χ1) is 18.4. The molecular formula is C29H32F3N5O. The van der Waals surface area contributed by atoms with Crippen LogP contribution in [0.3, 0.4) is 0 Å². The second kappa shape index (κ2) is 10.4. The SMILES string of the molecule is CN1CCC(c2ccc(Nc3ncc(F)c(-c4cc(F)c5c(c4)N(CC4CCC4)CCO5)n3)cc2F)CC1. The van der Waals surface area contributed by atoms with E-state index in [0.29, 0.717) is 41.6 Å². The van der Waals surface area contributed by atoms with Gasteiger partial charge in [0.15, 0.2) is 17.4 Å². The number of fused-ring (bicyclic) bond motifs is 1. The first-order valence-electron chi connectivity index (χ1n) is 13.4. The van der Waals surface area contributed by atoms with Crippen LogP contribution in [-0.2, 0) is 0 Å². The number of rotatable bonds is 6. The number of aromatic nitrogens is 2. The van der Waals surface area contributed by atoms with E-state index >= 15 is 4.39 Å². The monoisotopic (exact) mass is 523 g/mol. The fourth-order valence-electron chi connectivity index (χ4n) is 5.66. The van der Waals surface area contributed by atoms with Gasteiger partial charge in [0.1, 0.15) is 18.1 Å². The van der Waals surface area contributed by atoms with Crippen molar-refractivity contribution >= 4 is 17.3 Å². The van der Waals surface area contributed by atoms with Crippen LogP contribution in [0.25, 0.3) is 11.3 Å². The van der Waals surface area contributed by atoms with E-state index in [2.05, 4.69) is 32.1 Å². The maximum absolute atomic E-state index is 15.1. The lowest BCUT2D eigenvalue weighted by Crippen LogP contribution is -2.38. The third kappa shape index (κ3) is 5.04. The summed E-state index contributed by atoms with van der Waals surface area (Å²) in [7, 11) is 2.08. The number of likely N-dealkylation sites (tertiary alicyclic amines) is 1. The minimum Gasteiger partial charge on any atom is -0.486 e. The predicted octanol–water partition coefficient (Wildman–Crippen LogP) is 6.11. The molecule has 0 spiro atoms. The summed E-state index contributed by atoms with van der Waals surface area (Å²) in [5, 5.41) is 2.98. The number of ether oxygens (including phenoxy) is 1. The number of halogens is 3. The summed E-state index contributed by atoms with van der Waals surface area (Å²) in [6.45, 7) is 3.80. The third-order valence-corrected chi connectivity index (χ3v) is 8.11. The van der Waals surface area contributed by atoms with Crippen molar-refractivity contribution < 1.29 is 17.9 Å². The Labute approximate surface area is 220 Å². The normalized spacial score (nSPS) is 18.6. The summed E-state index contributed by atoms with van der Waals surface area (Å²) in [5.41, 5.74) is 2.08. The van der Waals surface area contributed by atoms with Crippen LogP contribution in [0, 0.1) is 23.4 Å². The van der Waals surface area contributed by atoms with Crippen LogP contribution < -0.4 is 15.0 Å². The first kappa shape index (κ1) is 25.0. The summed E-state index contributed by atoms with van der Waals surface area (Å²) in [5.74, 6) is -0.405. The Kier molecular flexibility index (Phi) is 6.86. The Morgan fingerprint density at radius 3 is 2.53 bits per heavy atom. The van der Waals surface area contributed by atoms with Crippen molar-refractivity contribution in [3.63, 3.8) is 0 Å². The fraction of sp³-hybridized carbons (Fsp3) is 0.448. The van der Waals surface area contributed by atoms with E-state index in [4.69, 9.17) is 4.74 Å². The molecule has 0 unspecified atom stereocenters. The van der Waals surface area contributed by atoms with E-state index in [1.807, 2.05) is 0 Å². The molecule has 1 N–H and O–H groups in total. The molecular weight excluding hydrogens is 491 g/mol. The van der Waals surface area contributed by atoms with Crippen LogP contribution in [0.1, 0.15) is 43.6 Å². The van der Waals surface area contributed by atoms with Crippen molar-refractivity contribution in [2.45, 2.75) is 38.0 Å². The summed E-state index contributed by atoms with van der Waals surface area (Å²) < 4.78 is 50.6. The minimum absolute atomic E-state index is 0.0261. The fourth-order valence-corrected chi connectivity index (χ4v) is 5.66. The number of piperidine rings is 1. The van der Waals surface area contributed by atoms with Crippen LogP contribution in [0.5, 0.6) is 5.75 Å². The molecule has 200 valence electrons. The molecule has 38 heavy (non-hydrogen) atoms. The van der Waals surface area contributed by atoms with Gasteiger partial charge in [-0.3, -0.25) is 0 Å². The molecule has 6 nitrogen and oxygen atoms in total. The smallest absolute Gasteiger partial charge is 0.227 e. The maximum atomic E-state index is 15.1. The molecule has 3 aliphatic rings. The van der Waals surface area contributed by atoms with E-state index in [-0.39, 0.29) is 29.1 Å². The van der Waals surface area contributed by atoms with Crippen molar-refractivity contribution in [1.82, 2.24) is 14.9 Å². The van der Waals surface area contributed by atoms with Gasteiger partial charge in [0, 0.05) is 17.8 Å². The number of nitrogens with one attached hydrogen (secondary N) is 1. The van der Waals surface area contributed by atoms with Gasteiger partial charge in [-0.25, -0.2) is 23.1 Å². The van der Waals surface area contributed by atoms with Gasteiger partial charge in [-0.1, -0.05) is 12.5 Å². The molecule has 0 atom stereocenters. The van der Waals surface area contributed by atoms with E-state index in [0.717, 1.165) is 38.7 Å². The standard InChI is InChI=1S/C29H32F3N5O/c1-36-9-7-19(8-10-36)22-6-5-21(15-23(22)30)34-29-33-16-25(32)27(35-29)20-13-24(31)28-26(14-20)37(11-12-38-28)17-18-3-2-4-18/h5-6,13-16,18-19H,2-4,7-12,17H2,1H3,(H,33,34,35). The van der Waals surface area contributed by atoms with Crippen molar-refractivity contribution in [2.75, 3.05) is 50.1 Å². The van der Waals surface area contributed by atoms with Gasteiger partial charge in [-0.15, -0.1) is 0 Å². The number of benzene rings is 2. The Morgan fingerprint density at radius 1 is 0.974 bits per heavy atom. The minimum atomic E-state index is -0.666. The summed E-state index contributed by atoms with van der Waals surface area (Å²) in [6, 6.07) is 8.00. The van der Waals surface area contributed by atoms with Gasteiger partial charge >= 0.3 is 0 Å². The number of hydrogen-bond acceptors (Lipinski definition) is 6. The summed E-state index contributed by atoms with van der Waals surface area (Å²) in [4.78, 5) is 12.8. The molecule has 9 heteroatoms. The molecule has 2 aromatic carbocycles. The molecule has 2 fully saturated rings. The van der Waals surface area contributed by atoms with Crippen molar-refractivity contribution in [3.8, 4) is 17.0 Å². The molecule has 1 aromatic heterocycles. The van der Waals surface area contributed by atoms with Crippen molar-refractivity contribution in [2.24, 2.45) is 5.92 Å². The molecule has 3 aromatic rings. The van der Waals surface area contributed by atoms with Gasteiger partial charge in [0.05, 0.1) is 18.4 Å². The third-order valence-electron chi connectivity index (χ3n) is 8.11. The number of nitrogens with zero attached hydrogens (tertiary/aromatic N) is 4.